The molecule has 0 saturated heterocycles. The number of hydrogen-bond donors (Lipinski definition) is 3. The third-order valence-corrected chi connectivity index (χ3v) is 4.74. The van der Waals surface area contributed by atoms with E-state index < -0.39 is 18.1 Å². The van der Waals surface area contributed by atoms with E-state index in [0.29, 0.717) is 17.9 Å². The molecule has 0 atom stereocenters. The van der Waals surface area contributed by atoms with Crippen molar-refractivity contribution in [1.82, 2.24) is 10.3 Å². The van der Waals surface area contributed by atoms with Crippen molar-refractivity contribution >= 4 is 39.4 Å². The molecule has 0 aliphatic heterocycles. The Morgan fingerprint density at radius 3 is 2.23 bits per heavy atom. The zero-order valence-electron chi connectivity index (χ0n) is 13.6. The second kappa shape index (κ2) is 12.4. The summed E-state index contributed by atoms with van der Waals surface area (Å²) in [4.78, 5) is 34.9. The van der Waals surface area contributed by atoms with Crippen molar-refractivity contribution < 1.29 is 37.8 Å². The van der Waals surface area contributed by atoms with E-state index >= 15 is 0 Å². The largest absolute Gasteiger partial charge is 0.490 e. The fourth-order valence-corrected chi connectivity index (χ4v) is 3.12. The molecule has 7 nitrogen and oxygen atoms in total. The molecule has 0 aliphatic carbocycles. The molecule has 1 rings (SSSR count). The molecule has 0 radical (unpaired) electrons. The van der Waals surface area contributed by atoms with Crippen LogP contribution in [0.3, 0.4) is 0 Å². The number of pyridine rings is 1. The van der Waals surface area contributed by atoms with Crippen molar-refractivity contribution in [3.05, 3.63) is 29.6 Å². The fraction of sp³-hybridized carbons (Fsp3) is 0.429. The van der Waals surface area contributed by atoms with Crippen molar-refractivity contribution in [3.8, 4) is 0 Å². The lowest BCUT2D eigenvalue weighted by molar-refractivity contribution is -0.192. The van der Waals surface area contributed by atoms with Crippen molar-refractivity contribution in [2.24, 2.45) is 0 Å². The van der Waals surface area contributed by atoms with Crippen LogP contribution in [0.2, 0.25) is 0 Å². The molecule has 0 spiro atoms. The maximum Gasteiger partial charge on any atom is 0.490 e. The van der Waals surface area contributed by atoms with Gasteiger partial charge in [-0.05, 0) is 18.6 Å². The number of aryl methyl sites for hydroxylation is 1. The highest BCUT2D eigenvalue weighted by atomic mass is 33.1. The van der Waals surface area contributed by atoms with Crippen LogP contribution in [0.25, 0.3) is 0 Å². The van der Waals surface area contributed by atoms with Gasteiger partial charge in [-0.1, -0.05) is 21.6 Å². The Hall–Kier alpha value is -1.95. The second-order valence-corrected chi connectivity index (χ2v) is 7.30. The van der Waals surface area contributed by atoms with Crippen LogP contribution in [0.1, 0.15) is 22.3 Å². The molecule has 12 heteroatoms. The predicted octanol–water partition coefficient (Wildman–Crippen LogP) is 2.61. The highest BCUT2D eigenvalue weighted by molar-refractivity contribution is 8.76. The van der Waals surface area contributed by atoms with Crippen LogP contribution in [0.5, 0.6) is 0 Å². The summed E-state index contributed by atoms with van der Waals surface area (Å²) in [6, 6.07) is 1.79. The van der Waals surface area contributed by atoms with Crippen LogP contribution in [0.15, 0.2) is 18.5 Å². The van der Waals surface area contributed by atoms with Gasteiger partial charge in [0.25, 0.3) is 5.91 Å². The van der Waals surface area contributed by atoms with E-state index in [2.05, 4.69) is 10.3 Å². The lowest BCUT2D eigenvalue weighted by Crippen LogP contribution is -2.25. The molecule has 26 heavy (non-hydrogen) atoms. The Morgan fingerprint density at radius 1 is 1.15 bits per heavy atom. The van der Waals surface area contributed by atoms with E-state index in [1.54, 1.807) is 23.1 Å². The van der Waals surface area contributed by atoms with Gasteiger partial charge in [0.05, 0.1) is 12.0 Å². The molecule has 1 aromatic rings. The highest BCUT2D eigenvalue weighted by Gasteiger charge is 2.38. The van der Waals surface area contributed by atoms with E-state index in [9.17, 15) is 22.8 Å². The van der Waals surface area contributed by atoms with Crippen molar-refractivity contribution in [3.63, 3.8) is 0 Å². The number of nitrogens with one attached hydrogen (secondary N) is 1. The summed E-state index contributed by atoms with van der Waals surface area (Å²) < 4.78 is 31.7. The summed E-state index contributed by atoms with van der Waals surface area (Å²) in [5.74, 6) is -2.35. The van der Waals surface area contributed by atoms with Crippen molar-refractivity contribution in [2.45, 2.75) is 19.5 Å². The normalized spacial score (nSPS) is 10.5. The lowest BCUT2D eigenvalue weighted by Gasteiger charge is -2.05. The molecule has 146 valence electrons. The minimum absolute atomic E-state index is 0.132. The Labute approximate surface area is 155 Å². The first-order valence-corrected chi connectivity index (χ1v) is 9.49. The Bertz CT molecular complexity index is 614. The zero-order valence-corrected chi connectivity index (χ0v) is 15.2. The number of amides is 1. The minimum Gasteiger partial charge on any atom is -0.481 e. The summed E-state index contributed by atoms with van der Waals surface area (Å²) in [5, 5.41) is 18.4. The summed E-state index contributed by atoms with van der Waals surface area (Å²) in [6.45, 7) is 2.44. The van der Waals surface area contributed by atoms with E-state index in [4.69, 9.17) is 15.0 Å². The van der Waals surface area contributed by atoms with Crippen LogP contribution >= 0.6 is 21.6 Å². The number of carboxylic acid groups (broad SMARTS) is 2. The van der Waals surface area contributed by atoms with Crippen molar-refractivity contribution in [1.29, 1.82) is 0 Å². The molecule has 1 aromatic heterocycles. The SMILES string of the molecule is Cc1cncc(C(=O)NCCSSCCC(=O)O)c1.O=C(O)C(F)(F)F. The van der Waals surface area contributed by atoms with E-state index in [-0.39, 0.29) is 12.3 Å². The summed E-state index contributed by atoms with van der Waals surface area (Å²) in [7, 11) is 3.06. The number of nitrogens with zero attached hydrogens (tertiary/aromatic N) is 1. The molecule has 0 fully saturated rings. The predicted molar refractivity (Wildman–Crippen MR) is 92.2 cm³/mol. The first-order valence-electron chi connectivity index (χ1n) is 7.00. The number of aromatic nitrogens is 1. The Balaban J connectivity index is 0.000000758. The van der Waals surface area contributed by atoms with Crippen LogP contribution in [-0.2, 0) is 9.59 Å². The van der Waals surface area contributed by atoms with Crippen LogP contribution in [0, 0.1) is 6.92 Å². The quantitative estimate of drug-likeness (QED) is 0.439. The van der Waals surface area contributed by atoms with Crippen molar-refractivity contribution in [2.75, 3.05) is 18.1 Å². The summed E-state index contributed by atoms with van der Waals surface area (Å²) >= 11 is 0. The number of alkyl halides is 3. The molecule has 0 bridgehead atoms. The first kappa shape index (κ1) is 24.1. The first-order chi connectivity index (χ1) is 12.0. The van der Waals surface area contributed by atoms with Gasteiger partial charge in [0.15, 0.2) is 0 Å². The molecule has 0 aliphatic rings. The minimum atomic E-state index is -5.08. The zero-order chi connectivity index (χ0) is 20.2. The molecule has 0 saturated carbocycles. The van der Waals surface area contributed by atoms with Gasteiger partial charge in [-0.15, -0.1) is 0 Å². The third-order valence-electron chi connectivity index (χ3n) is 2.33. The van der Waals surface area contributed by atoms with Gasteiger partial charge < -0.3 is 15.5 Å². The number of carbonyl (C=O) groups excluding carboxylic acids is 1. The maximum atomic E-state index is 11.7. The smallest absolute Gasteiger partial charge is 0.481 e. The fourth-order valence-electron chi connectivity index (χ4n) is 1.23. The standard InChI is InChI=1S/C12H16N2O3S2.C2HF3O2/c1-9-6-10(8-13-7-9)12(17)14-3-5-19-18-4-2-11(15)16;3-2(4,5)1(6)7/h6-8H,2-5H2,1H3,(H,14,17)(H,15,16);(H,6,7). The number of carbonyl (C=O) groups is 3. The molecular formula is C14H17F3N2O5S2. The number of aliphatic carboxylic acids is 2. The molecule has 0 unspecified atom stereocenters. The molecule has 3 N–H and O–H groups in total. The topological polar surface area (TPSA) is 117 Å². The number of halogens is 3. The monoisotopic (exact) mass is 414 g/mol. The second-order valence-electron chi connectivity index (χ2n) is 4.60. The van der Waals surface area contributed by atoms with E-state index in [0.717, 1.165) is 11.3 Å². The van der Waals surface area contributed by atoms with E-state index in [1.807, 2.05) is 6.92 Å². The maximum absolute atomic E-state index is 11.7. The van der Waals surface area contributed by atoms with Crippen LogP contribution in [-0.4, -0.2) is 57.3 Å². The van der Waals surface area contributed by atoms with Gasteiger partial charge in [-0.25, -0.2) is 4.79 Å². The van der Waals surface area contributed by atoms with Gasteiger partial charge in [0, 0.05) is 30.4 Å². The Morgan fingerprint density at radius 2 is 1.73 bits per heavy atom. The number of hydrogen-bond acceptors (Lipinski definition) is 6. The Kier molecular flexibility index (Phi) is 11.5. The van der Waals surface area contributed by atoms with Gasteiger partial charge in [-0.3, -0.25) is 14.6 Å². The van der Waals surface area contributed by atoms with E-state index in [1.165, 1.54) is 17.0 Å². The number of rotatable bonds is 8. The molecule has 1 amide bonds. The van der Waals surface area contributed by atoms with Crippen LogP contribution < -0.4 is 5.32 Å². The summed E-state index contributed by atoms with van der Waals surface area (Å²) in [6.07, 6.45) is -1.68. The van der Waals surface area contributed by atoms with Gasteiger partial charge in [0.2, 0.25) is 0 Å². The molecule has 0 aromatic carbocycles. The number of carboxylic acids is 2. The van der Waals surface area contributed by atoms with Gasteiger partial charge in [-0.2, -0.15) is 13.2 Å². The summed E-state index contributed by atoms with van der Waals surface area (Å²) in [5.41, 5.74) is 1.51. The highest BCUT2D eigenvalue weighted by Crippen LogP contribution is 2.20. The molecular weight excluding hydrogens is 397 g/mol. The van der Waals surface area contributed by atoms with Gasteiger partial charge >= 0.3 is 18.1 Å². The lowest BCUT2D eigenvalue weighted by atomic mass is 10.2. The molecule has 1 heterocycles. The third kappa shape index (κ3) is 12.4. The van der Waals surface area contributed by atoms with Gasteiger partial charge in [0.1, 0.15) is 0 Å². The average Bonchev–Trinajstić information content (AvgIpc) is 2.53. The average molecular weight is 414 g/mol. The van der Waals surface area contributed by atoms with Crippen LogP contribution in [0.4, 0.5) is 13.2 Å².